The van der Waals surface area contributed by atoms with Crippen molar-refractivity contribution in [3.05, 3.63) is 26.9 Å². The summed E-state index contributed by atoms with van der Waals surface area (Å²) in [6.45, 7) is 0. The zero-order chi connectivity index (χ0) is 8.72. The quantitative estimate of drug-likeness (QED) is 0.553. The fourth-order valence-corrected chi connectivity index (χ4v) is 2.97. The van der Waals surface area contributed by atoms with Gasteiger partial charge in [0.15, 0.2) is 0 Å². The van der Waals surface area contributed by atoms with Gasteiger partial charge in [0, 0.05) is 13.9 Å². The molecule has 0 aliphatic heterocycles. The molecule has 0 fully saturated rings. The third kappa shape index (κ3) is 1.25. The SMILES string of the molecule is Fc1cc(I)c(S)c2sccc12. The Balaban J connectivity index is 2.97. The maximum Gasteiger partial charge on any atom is 0.133 e. The average Bonchev–Trinajstić information content (AvgIpc) is 2.48. The van der Waals surface area contributed by atoms with Gasteiger partial charge in [-0.3, -0.25) is 0 Å². The van der Waals surface area contributed by atoms with Crippen molar-refractivity contribution in [3.8, 4) is 0 Å². The van der Waals surface area contributed by atoms with Crippen LogP contribution in [0.2, 0.25) is 0 Å². The van der Waals surface area contributed by atoms with Crippen molar-refractivity contribution < 1.29 is 4.39 Å². The molecule has 12 heavy (non-hydrogen) atoms. The molecule has 2 rings (SSSR count). The summed E-state index contributed by atoms with van der Waals surface area (Å²) in [6, 6.07) is 3.29. The van der Waals surface area contributed by atoms with Crippen molar-refractivity contribution >= 4 is 56.6 Å². The Kier molecular flexibility index (Phi) is 2.31. The van der Waals surface area contributed by atoms with Gasteiger partial charge in [-0.05, 0) is 40.1 Å². The highest BCUT2D eigenvalue weighted by molar-refractivity contribution is 14.1. The highest BCUT2D eigenvalue weighted by Crippen LogP contribution is 2.32. The molecule has 0 unspecified atom stereocenters. The zero-order valence-corrected chi connectivity index (χ0v) is 9.71. The lowest BCUT2D eigenvalue weighted by atomic mass is 10.2. The van der Waals surface area contributed by atoms with Gasteiger partial charge in [-0.1, -0.05) is 0 Å². The summed E-state index contributed by atoms with van der Waals surface area (Å²) in [6.07, 6.45) is 0. The molecular formula is C8H4FIS2. The smallest absolute Gasteiger partial charge is 0.133 e. The van der Waals surface area contributed by atoms with E-state index in [1.165, 1.54) is 17.4 Å². The molecule has 0 spiro atoms. The third-order valence-electron chi connectivity index (χ3n) is 1.62. The summed E-state index contributed by atoms with van der Waals surface area (Å²) in [5.41, 5.74) is 0. The monoisotopic (exact) mass is 310 g/mol. The second kappa shape index (κ2) is 3.16. The fraction of sp³-hybridized carbons (Fsp3) is 0. The van der Waals surface area contributed by atoms with E-state index in [0.29, 0.717) is 5.39 Å². The molecule has 0 nitrogen and oxygen atoms in total. The van der Waals surface area contributed by atoms with Gasteiger partial charge in [0.25, 0.3) is 0 Å². The summed E-state index contributed by atoms with van der Waals surface area (Å²) in [5.74, 6) is -0.159. The zero-order valence-electron chi connectivity index (χ0n) is 5.84. The Bertz CT molecular complexity index is 436. The van der Waals surface area contributed by atoms with Crippen LogP contribution in [-0.2, 0) is 0 Å². The standard InChI is InChI=1S/C8H4FIS2/c9-5-3-6(10)7(11)8-4(5)1-2-12-8/h1-3,11H. The molecular weight excluding hydrogens is 306 g/mol. The first-order chi connectivity index (χ1) is 5.70. The normalized spacial score (nSPS) is 10.9. The van der Waals surface area contributed by atoms with E-state index in [2.05, 4.69) is 35.2 Å². The van der Waals surface area contributed by atoms with Crippen LogP contribution in [0, 0.1) is 9.39 Å². The molecule has 62 valence electrons. The van der Waals surface area contributed by atoms with Crippen molar-refractivity contribution in [3.63, 3.8) is 0 Å². The first-order valence-electron chi connectivity index (χ1n) is 3.24. The minimum atomic E-state index is -0.159. The number of hydrogen-bond acceptors (Lipinski definition) is 2. The summed E-state index contributed by atoms with van der Waals surface area (Å²) < 4.78 is 15.0. The topological polar surface area (TPSA) is 0 Å². The largest absolute Gasteiger partial charge is 0.206 e. The molecule has 0 aliphatic carbocycles. The highest BCUT2D eigenvalue weighted by Gasteiger charge is 2.08. The maximum absolute atomic E-state index is 13.2. The summed E-state index contributed by atoms with van der Waals surface area (Å²) in [4.78, 5) is 0.877. The fourth-order valence-electron chi connectivity index (χ4n) is 1.05. The highest BCUT2D eigenvalue weighted by atomic mass is 127. The number of halogens is 2. The molecule has 1 aromatic heterocycles. The van der Waals surface area contributed by atoms with Gasteiger partial charge in [0.2, 0.25) is 0 Å². The Labute approximate surface area is 92.3 Å². The second-order valence-electron chi connectivity index (χ2n) is 2.35. The van der Waals surface area contributed by atoms with Gasteiger partial charge < -0.3 is 0 Å². The number of hydrogen-bond donors (Lipinski definition) is 1. The lowest BCUT2D eigenvalue weighted by Gasteiger charge is -1.99. The van der Waals surface area contributed by atoms with E-state index in [0.717, 1.165) is 13.2 Å². The van der Waals surface area contributed by atoms with Gasteiger partial charge in [0.05, 0.1) is 4.70 Å². The van der Waals surface area contributed by atoms with Crippen molar-refractivity contribution in [2.45, 2.75) is 4.90 Å². The van der Waals surface area contributed by atoms with E-state index in [-0.39, 0.29) is 5.82 Å². The van der Waals surface area contributed by atoms with Crippen LogP contribution in [0.1, 0.15) is 0 Å². The number of thiol groups is 1. The maximum atomic E-state index is 13.2. The third-order valence-corrected chi connectivity index (χ3v) is 4.44. The van der Waals surface area contributed by atoms with Crippen LogP contribution in [0.15, 0.2) is 22.4 Å². The van der Waals surface area contributed by atoms with Crippen molar-refractivity contribution in [1.82, 2.24) is 0 Å². The van der Waals surface area contributed by atoms with Crippen LogP contribution in [0.3, 0.4) is 0 Å². The summed E-state index contributed by atoms with van der Waals surface area (Å²) >= 11 is 7.92. The minimum Gasteiger partial charge on any atom is -0.206 e. The van der Waals surface area contributed by atoms with Crippen LogP contribution in [-0.4, -0.2) is 0 Å². The Morgan fingerprint density at radius 2 is 2.25 bits per heavy atom. The van der Waals surface area contributed by atoms with Gasteiger partial charge in [-0.25, -0.2) is 4.39 Å². The molecule has 0 bridgehead atoms. The lowest BCUT2D eigenvalue weighted by molar-refractivity contribution is 0.638. The molecule has 1 heterocycles. The molecule has 0 N–H and O–H groups in total. The van der Waals surface area contributed by atoms with E-state index >= 15 is 0 Å². The number of rotatable bonds is 0. The minimum absolute atomic E-state index is 0.159. The molecule has 0 aliphatic rings. The molecule has 2 aromatic rings. The molecule has 0 radical (unpaired) electrons. The van der Waals surface area contributed by atoms with Crippen LogP contribution >= 0.6 is 46.6 Å². The first-order valence-corrected chi connectivity index (χ1v) is 5.65. The first kappa shape index (κ1) is 8.77. The Morgan fingerprint density at radius 1 is 1.50 bits per heavy atom. The average molecular weight is 310 g/mol. The number of fused-ring (bicyclic) bond motifs is 1. The van der Waals surface area contributed by atoms with Gasteiger partial charge in [0.1, 0.15) is 5.82 Å². The van der Waals surface area contributed by atoms with Crippen molar-refractivity contribution in [2.24, 2.45) is 0 Å². The Morgan fingerprint density at radius 3 is 3.00 bits per heavy atom. The predicted molar refractivity (Wildman–Crippen MR) is 61.8 cm³/mol. The Hall–Kier alpha value is 0.190. The second-order valence-corrected chi connectivity index (χ2v) is 4.88. The lowest BCUT2D eigenvalue weighted by Crippen LogP contribution is -1.80. The molecule has 0 saturated heterocycles. The van der Waals surface area contributed by atoms with Gasteiger partial charge >= 0.3 is 0 Å². The van der Waals surface area contributed by atoms with E-state index in [9.17, 15) is 4.39 Å². The van der Waals surface area contributed by atoms with Crippen LogP contribution in [0.5, 0.6) is 0 Å². The van der Waals surface area contributed by atoms with E-state index in [1.807, 2.05) is 5.38 Å². The van der Waals surface area contributed by atoms with E-state index in [4.69, 9.17) is 0 Å². The van der Waals surface area contributed by atoms with Gasteiger partial charge in [-0.15, -0.1) is 24.0 Å². The summed E-state index contributed by atoms with van der Waals surface area (Å²) in [5, 5.41) is 2.55. The van der Waals surface area contributed by atoms with Crippen LogP contribution in [0.25, 0.3) is 10.1 Å². The van der Waals surface area contributed by atoms with Crippen LogP contribution < -0.4 is 0 Å². The molecule has 0 amide bonds. The molecule has 4 heteroatoms. The van der Waals surface area contributed by atoms with E-state index < -0.39 is 0 Å². The van der Waals surface area contributed by atoms with Crippen molar-refractivity contribution in [2.75, 3.05) is 0 Å². The predicted octanol–water partition coefficient (Wildman–Crippen LogP) is 3.93. The van der Waals surface area contributed by atoms with Crippen LogP contribution in [0.4, 0.5) is 4.39 Å². The van der Waals surface area contributed by atoms with E-state index in [1.54, 1.807) is 6.07 Å². The van der Waals surface area contributed by atoms with Gasteiger partial charge in [-0.2, -0.15) is 0 Å². The molecule has 0 atom stereocenters. The molecule has 0 saturated carbocycles. The number of benzene rings is 1. The summed E-state index contributed by atoms with van der Waals surface area (Å²) in [7, 11) is 0. The molecule has 1 aromatic carbocycles. The number of thiophene rings is 1. The van der Waals surface area contributed by atoms with Crippen molar-refractivity contribution in [1.29, 1.82) is 0 Å².